The van der Waals surface area contributed by atoms with Gasteiger partial charge in [0.05, 0.1) is 5.70 Å². The zero-order chi connectivity index (χ0) is 21.2. The summed E-state index contributed by atoms with van der Waals surface area (Å²) >= 11 is 0. The molecule has 1 atom stereocenters. The zero-order valence-corrected chi connectivity index (χ0v) is 16.7. The first-order chi connectivity index (χ1) is 15.2. The van der Waals surface area contributed by atoms with Crippen LogP contribution >= 0.6 is 0 Å². The van der Waals surface area contributed by atoms with Gasteiger partial charge in [-0.2, -0.15) is 0 Å². The Morgan fingerprint density at radius 3 is 2.03 bits per heavy atom. The van der Waals surface area contributed by atoms with E-state index in [4.69, 9.17) is 9.98 Å². The average molecular weight is 404 g/mol. The predicted octanol–water partition coefficient (Wildman–Crippen LogP) is 5.88. The maximum absolute atomic E-state index is 10.1. The molecule has 31 heavy (non-hydrogen) atoms. The van der Waals surface area contributed by atoms with Crippen LogP contribution in [0.3, 0.4) is 0 Å². The molecule has 0 radical (unpaired) electrons. The summed E-state index contributed by atoms with van der Waals surface area (Å²) < 4.78 is 0. The standard InChI is InChI=1S/C27H20N2O2/c30-24-13-3-1-7-20(24)16-28-23-15-19-11-5-9-18-10-6-12-22(26(18)19)27(23)29-17-21-8-2-4-14-25(21)31/h1-17,27,30-31H. The number of phenolic OH excluding ortho intramolecular Hbond substituents is 2. The number of benzene rings is 4. The number of nitrogens with zero attached hydrogens (tertiary/aromatic N) is 2. The van der Waals surface area contributed by atoms with Crippen molar-refractivity contribution < 1.29 is 10.2 Å². The van der Waals surface area contributed by atoms with E-state index in [0.717, 1.165) is 27.6 Å². The van der Waals surface area contributed by atoms with Crippen molar-refractivity contribution in [2.24, 2.45) is 9.98 Å². The molecule has 1 aliphatic rings. The molecule has 0 saturated carbocycles. The average Bonchev–Trinajstić information content (AvgIpc) is 2.79. The summed E-state index contributed by atoms with van der Waals surface area (Å²) in [7, 11) is 0. The van der Waals surface area contributed by atoms with Crippen molar-refractivity contribution in [2.45, 2.75) is 6.04 Å². The van der Waals surface area contributed by atoms with Gasteiger partial charge in [0, 0.05) is 23.6 Å². The molecular formula is C27H20N2O2. The minimum absolute atomic E-state index is 0.180. The van der Waals surface area contributed by atoms with Gasteiger partial charge in [0.15, 0.2) is 0 Å². The van der Waals surface area contributed by atoms with Crippen molar-refractivity contribution in [2.75, 3.05) is 0 Å². The maximum Gasteiger partial charge on any atom is 0.124 e. The van der Waals surface area contributed by atoms with E-state index in [-0.39, 0.29) is 17.5 Å². The first-order valence-electron chi connectivity index (χ1n) is 10.1. The van der Waals surface area contributed by atoms with Crippen molar-refractivity contribution in [3.05, 3.63) is 113 Å². The van der Waals surface area contributed by atoms with Gasteiger partial charge in [-0.15, -0.1) is 0 Å². The molecule has 2 N–H and O–H groups in total. The summed E-state index contributed by atoms with van der Waals surface area (Å²) in [6.45, 7) is 0. The van der Waals surface area contributed by atoms with E-state index >= 15 is 0 Å². The summed E-state index contributed by atoms with van der Waals surface area (Å²) in [5, 5.41) is 22.5. The van der Waals surface area contributed by atoms with Gasteiger partial charge in [-0.3, -0.25) is 9.98 Å². The number of aromatic hydroxyl groups is 2. The van der Waals surface area contributed by atoms with Crippen LogP contribution in [0.5, 0.6) is 11.5 Å². The zero-order valence-electron chi connectivity index (χ0n) is 16.7. The van der Waals surface area contributed by atoms with Crippen molar-refractivity contribution in [1.29, 1.82) is 0 Å². The van der Waals surface area contributed by atoms with E-state index in [9.17, 15) is 10.2 Å². The van der Waals surface area contributed by atoms with Gasteiger partial charge in [-0.05, 0) is 52.2 Å². The molecule has 0 heterocycles. The number of rotatable bonds is 4. The second-order valence-corrected chi connectivity index (χ2v) is 7.42. The highest BCUT2D eigenvalue weighted by Gasteiger charge is 2.23. The fraction of sp³-hybridized carbons (Fsp3) is 0.0370. The van der Waals surface area contributed by atoms with Gasteiger partial charge >= 0.3 is 0 Å². The van der Waals surface area contributed by atoms with Gasteiger partial charge in [0.2, 0.25) is 0 Å². The van der Waals surface area contributed by atoms with Crippen LogP contribution in [0.2, 0.25) is 0 Å². The lowest BCUT2D eigenvalue weighted by Gasteiger charge is -2.22. The van der Waals surface area contributed by atoms with Crippen LogP contribution < -0.4 is 0 Å². The Morgan fingerprint density at radius 2 is 1.32 bits per heavy atom. The molecule has 150 valence electrons. The minimum atomic E-state index is -0.333. The van der Waals surface area contributed by atoms with E-state index in [1.54, 1.807) is 36.7 Å². The number of para-hydroxylation sites is 2. The van der Waals surface area contributed by atoms with Crippen molar-refractivity contribution in [3.63, 3.8) is 0 Å². The first kappa shape index (κ1) is 18.8. The minimum Gasteiger partial charge on any atom is -0.507 e. The van der Waals surface area contributed by atoms with Gasteiger partial charge < -0.3 is 10.2 Å². The second kappa shape index (κ2) is 7.92. The SMILES string of the molecule is Oc1ccccc1C=NC1=Cc2cccc3cccc(c23)C1N=Cc1ccccc1O. The number of hydrogen-bond acceptors (Lipinski definition) is 4. The van der Waals surface area contributed by atoms with Crippen molar-refractivity contribution in [3.8, 4) is 11.5 Å². The van der Waals surface area contributed by atoms with Crippen LogP contribution in [0.4, 0.5) is 0 Å². The Bertz CT molecular complexity index is 1360. The number of phenols is 2. The van der Waals surface area contributed by atoms with Crippen LogP contribution in [0.25, 0.3) is 16.8 Å². The molecule has 1 unspecified atom stereocenters. The third-order valence-electron chi connectivity index (χ3n) is 5.44. The number of aliphatic imine (C=N–C) groups is 2. The van der Waals surface area contributed by atoms with Crippen LogP contribution in [0.1, 0.15) is 28.3 Å². The molecule has 4 heteroatoms. The normalized spacial score (nSPS) is 15.6. The number of hydrogen-bond donors (Lipinski definition) is 2. The molecule has 4 nitrogen and oxygen atoms in total. The summed E-state index contributed by atoms with van der Waals surface area (Å²) in [4.78, 5) is 9.54. The maximum atomic E-state index is 10.1. The van der Waals surface area contributed by atoms with Crippen LogP contribution in [0, 0.1) is 0 Å². The Balaban J connectivity index is 1.63. The van der Waals surface area contributed by atoms with Gasteiger partial charge in [0.25, 0.3) is 0 Å². The highest BCUT2D eigenvalue weighted by Crippen LogP contribution is 2.40. The molecular weight excluding hydrogens is 384 g/mol. The van der Waals surface area contributed by atoms with Crippen molar-refractivity contribution >= 4 is 29.3 Å². The van der Waals surface area contributed by atoms with Gasteiger partial charge in [0.1, 0.15) is 17.5 Å². The second-order valence-electron chi connectivity index (χ2n) is 7.42. The van der Waals surface area contributed by atoms with Crippen LogP contribution in [0.15, 0.2) is 101 Å². The summed E-state index contributed by atoms with van der Waals surface area (Å²) in [6.07, 6.45) is 5.40. The summed E-state index contributed by atoms with van der Waals surface area (Å²) in [6, 6.07) is 26.3. The molecule has 0 bridgehead atoms. The summed E-state index contributed by atoms with van der Waals surface area (Å²) in [5.74, 6) is 0.364. The highest BCUT2D eigenvalue weighted by molar-refractivity contribution is 5.97. The van der Waals surface area contributed by atoms with Crippen LogP contribution in [-0.2, 0) is 0 Å². The Labute approximate surface area is 180 Å². The monoisotopic (exact) mass is 404 g/mol. The smallest absolute Gasteiger partial charge is 0.124 e. The fourth-order valence-corrected chi connectivity index (χ4v) is 3.90. The van der Waals surface area contributed by atoms with E-state index in [1.807, 2.05) is 42.5 Å². The van der Waals surface area contributed by atoms with E-state index in [2.05, 4.69) is 24.3 Å². The fourth-order valence-electron chi connectivity index (χ4n) is 3.90. The largest absolute Gasteiger partial charge is 0.507 e. The molecule has 0 amide bonds. The quantitative estimate of drug-likeness (QED) is 0.417. The van der Waals surface area contributed by atoms with Gasteiger partial charge in [-0.1, -0.05) is 60.7 Å². The molecule has 0 spiro atoms. The molecule has 0 fully saturated rings. The molecule has 0 aliphatic heterocycles. The van der Waals surface area contributed by atoms with Crippen molar-refractivity contribution in [1.82, 2.24) is 0 Å². The molecule has 0 aromatic heterocycles. The third-order valence-corrected chi connectivity index (χ3v) is 5.44. The molecule has 5 rings (SSSR count). The van der Waals surface area contributed by atoms with Crippen LogP contribution in [-0.4, -0.2) is 22.6 Å². The first-order valence-corrected chi connectivity index (χ1v) is 10.1. The molecule has 1 aliphatic carbocycles. The highest BCUT2D eigenvalue weighted by atomic mass is 16.3. The molecule has 4 aromatic rings. The lowest BCUT2D eigenvalue weighted by molar-refractivity contribution is 0.474. The third kappa shape index (κ3) is 3.60. The Hall–Kier alpha value is -4.18. The van der Waals surface area contributed by atoms with E-state index in [1.165, 1.54) is 0 Å². The lowest BCUT2D eigenvalue weighted by atomic mass is 9.88. The Kier molecular flexibility index (Phi) is 4.81. The van der Waals surface area contributed by atoms with E-state index in [0.29, 0.717) is 11.1 Å². The molecule has 0 saturated heterocycles. The predicted molar refractivity (Wildman–Crippen MR) is 126 cm³/mol. The van der Waals surface area contributed by atoms with Gasteiger partial charge in [-0.25, -0.2) is 0 Å². The lowest BCUT2D eigenvalue weighted by Crippen LogP contribution is -2.06. The Morgan fingerprint density at radius 1 is 0.677 bits per heavy atom. The van der Waals surface area contributed by atoms with E-state index < -0.39 is 0 Å². The molecule has 4 aromatic carbocycles. The topological polar surface area (TPSA) is 65.2 Å². The summed E-state index contributed by atoms with van der Waals surface area (Å²) in [5.41, 5.74) is 4.21.